The van der Waals surface area contributed by atoms with Crippen molar-refractivity contribution in [2.24, 2.45) is 0 Å². The molecule has 1 saturated carbocycles. The average molecular weight is 225 g/mol. The number of hydrogen-bond donors (Lipinski definition) is 0. The number of alkyl halides is 1. The molecule has 0 amide bonds. The summed E-state index contributed by atoms with van der Waals surface area (Å²) in [5.41, 5.74) is 1.45. The van der Waals surface area contributed by atoms with Gasteiger partial charge < -0.3 is 0 Å². The van der Waals surface area contributed by atoms with Crippen molar-refractivity contribution in [1.82, 2.24) is 0 Å². The van der Waals surface area contributed by atoms with Gasteiger partial charge in [-0.15, -0.1) is 0 Å². The fraction of sp³-hybridized carbons (Fsp3) is 0.455. The van der Waals surface area contributed by atoms with E-state index in [4.69, 9.17) is 0 Å². The normalized spacial score (nSPS) is 20.1. The summed E-state index contributed by atoms with van der Waals surface area (Å²) in [6.45, 7) is 0. The molecular weight excluding hydrogens is 212 g/mol. The van der Waals surface area contributed by atoms with Crippen LogP contribution < -0.4 is 0 Å². The molecule has 1 aromatic rings. The molecule has 0 heterocycles. The third-order valence-corrected chi connectivity index (χ3v) is 3.69. The molecule has 0 bridgehead atoms. The first kappa shape index (κ1) is 8.31. The molecule has 0 aromatic heterocycles. The molecule has 2 rings (SSSR count). The van der Waals surface area contributed by atoms with Crippen LogP contribution in [0.25, 0.3) is 0 Å². The Labute approximate surface area is 82.1 Å². The van der Waals surface area contributed by atoms with Crippen LogP contribution in [0.1, 0.15) is 24.8 Å². The Morgan fingerprint density at radius 2 is 1.83 bits per heavy atom. The van der Waals surface area contributed by atoms with Crippen molar-refractivity contribution in [3.63, 3.8) is 0 Å². The van der Waals surface area contributed by atoms with Crippen LogP contribution in [0.4, 0.5) is 0 Å². The van der Waals surface area contributed by atoms with Crippen molar-refractivity contribution in [1.29, 1.82) is 0 Å². The lowest BCUT2D eigenvalue weighted by molar-refractivity contribution is 0.370. The van der Waals surface area contributed by atoms with E-state index in [2.05, 4.69) is 46.3 Å². The Morgan fingerprint density at radius 3 is 2.33 bits per heavy atom. The molecule has 64 valence electrons. The number of hydrogen-bond acceptors (Lipinski definition) is 0. The van der Waals surface area contributed by atoms with Crippen LogP contribution in [0.15, 0.2) is 30.3 Å². The van der Waals surface area contributed by atoms with Crippen molar-refractivity contribution in [2.75, 3.05) is 0 Å². The zero-order valence-corrected chi connectivity index (χ0v) is 8.68. The van der Waals surface area contributed by atoms with Gasteiger partial charge in [0.2, 0.25) is 0 Å². The van der Waals surface area contributed by atoms with E-state index in [-0.39, 0.29) is 0 Å². The third kappa shape index (κ3) is 1.71. The van der Waals surface area contributed by atoms with E-state index < -0.39 is 0 Å². The van der Waals surface area contributed by atoms with Gasteiger partial charge in [0, 0.05) is 4.32 Å². The smallest absolute Gasteiger partial charge is 0.0298 e. The Bertz CT molecular complexity index is 249. The van der Waals surface area contributed by atoms with E-state index >= 15 is 0 Å². The highest BCUT2D eigenvalue weighted by molar-refractivity contribution is 9.10. The van der Waals surface area contributed by atoms with Crippen molar-refractivity contribution in [3.8, 4) is 0 Å². The maximum Gasteiger partial charge on any atom is 0.0298 e. The summed E-state index contributed by atoms with van der Waals surface area (Å²) < 4.78 is 0.439. The van der Waals surface area contributed by atoms with Gasteiger partial charge in [0.05, 0.1) is 0 Å². The molecule has 1 fully saturated rings. The van der Waals surface area contributed by atoms with Crippen LogP contribution in [0, 0.1) is 0 Å². The maximum atomic E-state index is 3.80. The minimum atomic E-state index is 0.439. The first-order valence-corrected chi connectivity index (χ1v) is 5.31. The molecule has 1 aliphatic rings. The van der Waals surface area contributed by atoms with Crippen LogP contribution >= 0.6 is 15.9 Å². The number of rotatable bonds is 2. The summed E-state index contributed by atoms with van der Waals surface area (Å²) in [5, 5.41) is 0. The van der Waals surface area contributed by atoms with Crippen LogP contribution in [0.3, 0.4) is 0 Å². The second-order valence-electron chi connectivity index (χ2n) is 3.67. The summed E-state index contributed by atoms with van der Waals surface area (Å²) >= 11 is 3.80. The predicted octanol–water partition coefficient (Wildman–Crippen LogP) is 3.55. The van der Waals surface area contributed by atoms with Gasteiger partial charge in [0.25, 0.3) is 0 Å². The lowest BCUT2D eigenvalue weighted by Crippen LogP contribution is -2.32. The van der Waals surface area contributed by atoms with E-state index in [1.807, 2.05) is 0 Å². The largest absolute Gasteiger partial charge is 0.0850 e. The molecule has 0 spiro atoms. The minimum absolute atomic E-state index is 0.439. The molecule has 12 heavy (non-hydrogen) atoms. The fourth-order valence-corrected chi connectivity index (χ4v) is 2.58. The number of benzene rings is 1. The molecule has 0 N–H and O–H groups in total. The van der Waals surface area contributed by atoms with Crippen LogP contribution in [0.5, 0.6) is 0 Å². The van der Waals surface area contributed by atoms with Gasteiger partial charge in [-0.1, -0.05) is 52.7 Å². The molecule has 0 nitrogen and oxygen atoms in total. The molecule has 1 aliphatic carbocycles. The minimum Gasteiger partial charge on any atom is -0.0850 e. The summed E-state index contributed by atoms with van der Waals surface area (Å²) in [4.78, 5) is 0. The van der Waals surface area contributed by atoms with E-state index in [0.29, 0.717) is 4.32 Å². The Balaban J connectivity index is 2.04. The molecular formula is C11H13Br. The van der Waals surface area contributed by atoms with Gasteiger partial charge >= 0.3 is 0 Å². The quantitative estimate of drug-likeness (QED) is 0.675. The summed E-state index contributed by atoms with van der Waals surface area (Å²) in [6, 6.07) is 10.7. The summed E-state index contributed by atoms with van der Waals surface area (Å²) in [7, 11) is 0. The topological polar surface area (TPSA) is 0 Å². The van der Waals surface area contributed by atoms with Crippen molar-refractivity contribution in [2.45, 2.75) is 30.0 Å². The summed E-state index contributed by atoms with van der Waals surface area (Å²) in [5.74, 6) is 0. The molecule has 1 heteroatoms. The first-order chi connectivity index (χ1) is 5.79. The highest BCUT2D eigenvalue weighted by atomic mass is 79.9. The van der Waals surface area contributed by atoms with E-state index in [1.165, 1.54) is 31.2 Å². The van der Waals surface area contributed by atoms with Crippen LogP contribution in [-0.2, 0) is 6.42 Å². The lowest BCUT2D eigenvalue weighted by Gasteiger charge is -2.36. The maximum absolute atomic E-state index is 3.80. The van der Waals surface area contributed by atoms with Crippen LogP contribution in [-0.4, -0.2) is 4.32 Å². The Morgan fingerprint density at radius 1 is 1.17 bits per heavy atom. The SMILES string of the molecule is BrC1(Cc2ccccc2)CCC1. The first-order valence-electron chi connectivity index (χ1n) is 4.51. The molecule has 0 aliphatic heterocycles. The fourth-order valence-electron chi connectivity index (χ4n) is 1.70. The van der Waals surface area contributed by atoms with Gasteiger partial charge in [0.1, 0.15) is 0 Å². The van der Waals surface area contributed by atoms with Crippen molar-refractivity contribution in [3.05, 3.63) is 35.9 Å². The molecule has 0 atom stereocenters. The van der Waals surface area contributed by atoms with Gasteiger partial charge in [-0.25, -0.2) is 0 Å². The molecule has 0 radical (unpaired) electrons. The van der Waals surface area contributed by atoms with Crippen LogP contribution in [0.2, 0.25) is 0 Å². The van der Waals surface area contributed by atoms with Gasteiger partial charge in [-0.05, 0) is 24.8 Å². The summed E-state index contributed by atoms with van der Waals surface area (Å²) in [6.07, 6.45) is 5.25. The van der Waals surface area contributed by atoms with Gasteiger partial charge in [-0.3, -0.25) is 0 Å². The standard InChI is InChI=1S/C11H13Br/c12-11(7-4-8-11)9-10-5-2-1-3-6-10/h1-3,5-6H,4,7-9H2. The Kier molecular flexibility index (Phi) is 2.22. The molecule has 0 unspecified atom stereocenters. The van der Waals surface area contributed by atoms with E-state index in [0.717, 1.165) is 0 Å². The van der Waals surface area contributed by atoms with Crippen molar-refractivity contribution >= 4 is 15.9 Å². The molecule has 0 saturated heterocycles. The number of halogens is 1. The monoisotopic (exact) mass is 224 g/mol. The molecule has 1 aromatic carbocycles. The third-order valence-electron chi connectivity index (χ3n) is 2.61. The second-order valence-corrected chi connectivity index (χ2v) is 5.35. The second kappa shape index (κ2) is 3.21. The zero-order valence-electron chi connectivity index (χ0n) is 7.09. The zero-order chi connectivity index (χ0) is 8.44. The average Bonchev–Trinajstić information content (AvgIpc) is 2.04. The lowest BCUT2D eigenvalue weighted by atomic mass is 9.80. The highest BCUT2D eigenvalue weighted by Crippen LogP contribution is 2.42. The van der Waals surface area contributed by atoms with E-state index in [9.17, 15) is 0 Å². The van der Waals surface area contributed by atoms with Gasteiger partial charge in [0.15, 0.2) is 0 Å². The van der Waals surface area contributed by atoms with E-state index in [1.54, 1.807) is 0 Å². The van der Waals surface area contributed by atoms with Crippen molar-refractivity contribution < 1.29 is 0 Å². The Hall–Kier alpha value is -0.300. The van der Waals surface area contributed by atoms with Gasteiger partial charge in [-0.2, -0.15) is 0 Å². The predicted molar refractivity (Wildman–Crippen MR) is 55.7 cm³/mol. The highest BCUT2D eigenvalue weighted by Gasteiger charge is 2.33.